The molecule has 3 rings (SSSR count). The quantitative estimate of drug-likeness (QED) is 0.853. The molecule has 0 radical (unpaired) electrons. The summed E-state index contributed by atoms with van der Waals surface area (Å²) < 4.78 is 0. The number of nitrogens with one attached hydrogen (secondary N) is 1. The largest absolute Gasteiger partial charge is 0.333 e. The molecule has 2 amide bonds. The van der Waals surface area contributed by atoms with Crippen LogP contribution in [0.1, 0.15) is 24.8 Å². The molecular weight excluding hydrogens is 226 g/mol. The summed E-state index contributed by atoms with van der Waals surface area (Å²) in [4.78, 5) is 13.8. The first-order valence-corrected chi connectivity index (χ1v) is 6.65. The van der Waals surface area contributed by atoms with Gasteiger partial charge in [0.25, 0.3) is 0 Å². The maximum Gasteiger partial charge on any atom is 0.322 e. The molecule has 2 aliphatic rings. The highest BCUT2D eigenvalue weighted by atomic mass is 16.2. The fourth-order valence-corrected chi connectivity index (χ4v) is 2.74. The summed E-state index contributed by atoms with van der Waals surface area (Å²) >= 11 is 0. The molecule has 4 nitrogen and oxygen atoms in total. The third-order valence-corrected chi connectivity index (χ3v) is 4.11. The van der Waals surface area contributed by atoms with Crippen molar-refractivity contribution >= 4 is 11.7 Å². The molecule has 1 heterocycles. The van der Waals surface area contributed by atoms with Gasteiger partial charge < -0.3 is 11.1 Å². The predicted molar refractivity (Wildman–Crippen MR) is 71.3 cm³/mol. The molecule has 1 aromatic rings. The van der Waals surface area contributed by atoms with Gasteiger partial charge in [0.2, 0.25) is 0 Å². The molecule has 1 unspecified atom stereocenters. The Hall–Kier alpha value is -1.55. The van der Waals surface area contributed by atoms with Gasteiger partial charge in [-0.05, 0) is 36.5 Å². The van der Waals surface area contributed by atoms with Crippen molar-refractivity contribution in [1.82, 2.24) is 5.32 Å². The molecule has 0 aromatic heterocycles. The summed E-state index contributed by atoms with van der Waals surface area (Å²) in [5.41, 5.74) is 7.66. The molecule has 96 valence electrons. The second-order valence-electron chi connectivity index (χ2n) is 5.23. The number of urea groups is 1. The molecule has 4 heteroatoms. The number of carbonyl (C=O) groups is 1. The lowest BCUT2D eigenvalue weighted by Crippen LogP contribution is -2.37. The molecular formula is C14H19N3O. The monoisotopic (exact) mass is 245 g/mol. The van der Waals surface area contributed by atoms with Gasteiger partial charge in [0.15, 0.2) is 0 Å². The van der Waals surface area contributed by atoms with Crippen molar-refractivity contribution in [2.75, 3.05) is 11.4 Å². The zero-order valence-corrected chi connectivity index (χ0v) is 10.4. The van der Waals surface area contributed by atoms with E-state index in [1.807, 2.05) is 29.2 Å². The van der Waals surface area contributed by atoms with Crippen LogP contribution in [-0.4, -0.2) is 18.6 Å². The number of hydrogen-bond acceptors (Lipinski definition) is 2. The third-order valence-electron chi connectivity index (χ3n) is 4.11. The lowest BCUT2D eigenvalue weighted by molar-refractivity contribution is 0.234. The third kappa shape index (κ3) is 1.97. The lowest BCUT2D eigenvalue weighted by atomic mass is 9.80. The van der Waals surface area contributed by atoms with Crippen LogP contribution >= 0.6 is 0 Å². The van der Waals surface area contributed by atoms with Crippen LogP contribution in [0.25, 0.3) is 0 Å². The number of benzene rings is 1. The molecule has 1 aliphatic heterocycles. The summed E-state index contributed by atoms with van der Waals surface area (Å²) in [5, 5.41) is 3.10. The van der Waals surface area contributed by atoms with Crippen LogP contribution in [0.2, 0.25) is 0 Å². The molecule has 3 N–H and O–H groups in total. The fraction of sp³-hybridized carbons (Fsp3) is 0.500. The van der Waals surface area contributed by atoms with Crippen molar-refractivity contribution in [1.29, 1.82) is 0 Å². The maximum atomic E-state index is 12.0. The van der Waals surface area contributed by atoms with Gasteiger partial charge in [0.05, 0.1) is 6.04 Å². The smallest absolute Gasteiger partial charge is 0.322 e. The van der Waals surface area contributed by atoms with E-state index in [2.05, 4.69) is 5.32 Å². The molecule has 1 saturated carbocycles. The Morgan fingerprint density at radius 3 is 2.89 bits per heavy atom. The van der Waals surface area contributed by atoms with E-state index in [9.17, 15) is 4.79 Å². The molecule has 1 atom stereocenters. The minimum atomic E-state index is 0.0288. The van der Waals surface area contributed by atoms with Crippen LogP contribution in [0.5, 0.6) is 0 Å². The number of nitrogens with two attached hydrogens (primary N) is 1. The first-order chi connectivity index (χ1) is 8.78. The standard InChI is InChI=1S/C14H19N3O/c15-8-10-3-1-6-12(7-10)17-9-13(16-14(17)18)11-4-2-5-11/h1,3,6-7,11,13H,2,4-5,8-9,15H2,(H,16,18). The van der Waals surface area contributed by atoms with Crippen LogP contribution < -0.4 is 16.0 Å². The molecule has 0 spiro atoms. The van der Waals surface area contributed by atoms with Crippen LogP contribution in [0.15, 0.2) is 24.3 Å². The summed E-state index contributed by atoms with van der Waals surface area (Å²) in [6, 6.07) is 8.28. The Labute approximate surface area is 107 Å². The minimum absolute atomic E-state index is 0.0288. The first kappa shape index (κ1) is 11.5. The highest BCUT2D eigenvalue weighted by Crippen LogP contribution is 2.33. The van der Waals surface area contributed by atoms with Crippen molar-refractivity contribution in [2.45, 2.75) is 31.8 Å². The van der Waals surface area contributed by atoms with Gasteiger partial charge >= 0.3 is 6.03 Å². The van der Waals surface area contributed by atoms with Gasteiger partial charge in [-0.2, -0.15) is 0 Å². The van der Waals surface area contributed by atoms with E-state index in [-0.39, 0.29) is 6.03 Å². The van der Waals surface area contributed by atoms with Gasteiger partial charge in [0, 0.05) is 18.8 Å². The van der Waals surface area contributed by atoms with Crippen molar-refractivity contribution in [3.8, 4) is 0 Å². The summed E-state index contributed by atoms with van der Waals surface area (Å²) in [5.74, 6) is 0.677. The lowest BCUT2D eigenvalue weighted by Gasteiger charge is -2.30. The van der Waals surface area contributed by atoms with Gasteiger partial charge in [-0.15, -0.1) is 0 Å². The zero-order valence-electron chi connectivity index (χ0n) is 10.4. The van der Waals surface area contributed by atoms with E-state index in [1.165, 1.54) is 19.3 Å². The Morgan fingerprint density at radius 1 is 1.39 bits per heavy atom. The van der Waals surface area contributed by atoms with E-state index in [0.717, 1.165) is 17.8 Å². The second-order valence-corrected chi connectivity index (χ2v) is 5.23. The maximum absolute atomic E-state index is 12.0. The molecule has 1 aromatic carbocycles. The van der Waals surface area contributed by atoms with E-state index in [4.69, 9.17) is 5.73 Å². The van der Waals surface area contributed by atoms with Crippen molar-refractivity contribution in [3.63, 3.8) is 0 Å². The van der Waals surface area contributed by atoms with Crippen LogP contribution in [0, 0.1) is 5.92 Å². The predicted octanol–water partition coefficient (Wildman–Crippen LogP) is 1.84. The van der Waals surface area contributed by atoms with Crippen molar-refractivity contribution in [3.05, 3.63) is 29.8 Å². The Balaban J connectivity index is 1.77. The van der Waals surface area contributed by atoms with Gasteiger partial charge in [-0.3, -0.25) is 4.90 Å². The number of hydrogen-bond donors (Lipinski definition) is 2. The van der Waals surface area contributed by atoms with Crippen LogP contribution in [-0.2, 0) is 6.54 Å². The minimum Gasteiger partial charge on any atom is -0.333 e. The van der Waals surface area contributed by atoms with E-state index >= 15 is 0 Å². The zero-order chi connectivity index (χ0) is 12.5. The van der Waals surface area contributed by atoms with E-state index < -0.39 is 0 Å². The average molecular weight is 245 g/mol. The topological polar surface area (TPSA) is 58.4 Å². The van der Waals surface area contributed by atoms with Gasteiger partial charge in [0.1, 0.15) is 0 Å². The van der Waals surface area contributed by atoms with Gasteiger partial charge in [-0.25, -0.2) is 4.79 Å². The summed E-state index contributed by atoms with van der Waals surface area (Å²) in [6.07, 6.45) is 3.81. The SMILES string of the molecule is NCc1cccc(N2CC(C3CCC3)NC2=O)c1. The number of nitrogens with zero attached hydrogens (tertiary/aromatic N) is 1. The molecule has 1 saturated heterocycles. The Bertz CT molecular complexity index is 456. The summed E-state index contributed by atoms with van der Waals surface area (Å²) in [7, 11) is 0. The number of carbonyl (C=O) groups excluding carboxylic acids is 1. The van der Waals surface area contributed by atoms with Crippen molar-refractivity contribution < 1.29 is 4.79 Å². The van der Waals surface area contributed by atoms with Crippen LogP contribution in [0.3, 0.4) is 0 Å². The number of amides is 2. The Morgan fingerprint density at radius 2 is 2.22 bits per heavy atom. The molecule has 1 aliphatic carbocycles. The molecule has 2 fully saturated rings. The molecule has 0 bridgehead atoms. The summed E-state index contributed by atoms with van der Waals surface area (Å²) in [6.45, 7) is 1.30. The molecule has 18 heavy (non-hydrogen) atoms. The van der Waals surface area contributed by atoms with Crippen molar-refractivity contribution in [2.24, 2.45) is 11.7 Å². The average Bonchev–Trinajstić information content (AvgIpc) is 2.69. The van der Waals surface area contributed by atoms with E-state index in [0.29, 0.717) is 18.5 Å². The second kappa shape index (κ2) is 4.61. The number of anilines is 1. The normalized spacial score (nSPS) is 23.9. The Kier molecular flexibility index (Phi) is 2.96. The van der Waals surface area contributed by atoms with E-state index in [1.54, 1.807) is 0 Å². The van der Waals surface area contributed by atoms with Crippen LogP contribution in [0.4, 0.5) is 10.5 Å². The highest BCUT2D eigenvalue weighted by molar-refractivity contribution is 5.94. The van der Waals surface area contributed by atoms with Gasteiger partial charge in [-0.1, -0.05) is 18.6 Å². The first-order valence-electron chi connectivity index (χ1n) is 6.65. The highest BCUT2D eigenvalue weighted by Gasteiger charge is 2.37. The fourth-order valence-electron chi connectivity index (χ4n) is 2.74. The number of rotatable bonds is 3.